The molecule has 6 nitrogen and oxygen atoms in total. The minimum absolute atomic E-state index is 0.178. The number of hydrogen-bond acceptors (Lipinski definition) is 4. The molecule has 104 valence electrons. The molecule has 1 aliphatic rings. The van der Waals surface area contributed by atoms with Crippen molar-refractivity contribution < 1.29 is 19.4 Å². The van der Waals surface area contributed by atoms with Crippen molar-refractivity contribution in [3.8, 4) is 0 Å². The molecule has 3 N–H and O–H groups in total. The van der Waals surface area contributed by atoms with Gasteiger partial charge < -0.3 is 20.5 Å². The standard InChI is InChI=1S/C12H22N2O4/c1-7(2)9(13)5-11(15)14-6-8(18-3)4-10(14)12(16)17/h7-10H,4-6,13H2,1-3H3,(H,16,17). The Labute approximate surface area is 107 Å². The van der Waals surface area contributed by atoms with Crippen LogP contribution in [0.3, 0.4) is 0 Å². The summed E-state index contributed by atoms with van der Waals surface area (Å²) in [6.45, 7) is 4.21. The highest BCUT2D eigenvalue weighted by Gasteiger charge is 2.39. The monoisotopic (exact) mass is 258 g/mol. The van der Waals surface area contributed by atoms with Crippen LogP contribution in [-0.2, 0) is 14.3 Å². The van der Waals surface area contributed by atoms with Crippen LogP contribution in [0.5, 0.6) is 0 Å². The molecule has 0 aromatic carbocycles. The third kappa shape index (κ3) is 3.43. The van der Waals surface area contributed by atoms with E-state index in [9.17, 15) is 9.59 Å². The van der Waals surface area contributed by atoms with Gasteiger partial charge in [0.2, 0.25) is 5.91 Å². The van der Waals surface area contributed by atoms with Gasteiger partial charge >= 0.3 is 5.97 Å². The molecule has 0 saturated carbocycles. The van der Waals surface area contributed by atoms with Gasteiger partial charge in [-0.15, -0.1) is 0 Å². The Morgan fingerprint density at radius 3 is 2.56 bits per heavy atom. The van der Waals surface area contributed by atoms with Crippen molar-refractivity contribution in [2.24, 2.45) is 11.7 Å². The van der Waals surface area contributed by atoms with Gasteiger partial charge in [0, 0.05) is 32.5 Å². The summed E-state index contributed by atoms with van der Waals surface area (Å²) in [4.78, 5) is 24.6. The van der Waals surface area contributed by atoms with E-state index in [4.69, 9.17) is 15.6 Å². The largest absolute Gasteiger partial charge is 0.480 e. The molecule has 18 heavy (non-hydrogen) atoms. The number of hydrogen-bond donors (Lipinski definition) is 2. The van der Waals surface area contributed by atoms with Crippen molar-refractivity contribution in [1.29, 1.82) is 0 Å². The molecule has 0 radical (unpaired) electrons. The number of carboxylic acid groups (broad SMARTS) is 1. The second-order valence-corrected chi connectivity index (χ2v) is 5.11. The number of ether oxygens (including phenoxy) is 1. The number of likely N-dealkylation sites (tertiary alicyclic amines) is 1. The first-order valence-corrected chi connectivity index (χ1v) is 6.17. The highest BCUT2D eigenvalue weighted by Crippen LogP contribution is 2.22. The van der Waals surface area contributed by atoms with E-state index in [-0.39, 0.29) is 30.4 Å². The first-order chi connectivity index (χ1) is 8.36. The molecule has 1 heterocycles. The molecule has 0 spiro atoms. The summed E-state index contributed by atoms with van der Waals surface area (Å²) in [5.41, 5.74) is 5.85. The van der Waals surface area contributed by atoms with Crippen LogP contribution >= 0.6 is 0 Å². The number of carbonyl (C=O) groups excluding carboxylic acids is 1. The molecule has 3 unspecified atom stereocenters. The molecule has 1 saturated heterocycles. The van der Waals surface area contributed by atoms with Crippen LogP contribution in [-0.4, -0.2) is 53.7 Å². The van der Waals surface area contributed by atoms with E-state index in [2.05, 4.69) is 0 Å². The SMILES string of the molecule is COC1CC(C(=O)O)N(C(=O)CC(N)C(C)C)C1. The van der Waals surface area contributed by atoms with Crippen LogP contribution in [0.2, 0.25) is 0 Å². The van der Waals surface area contributed by atoms with Crippen molar-refractivity contribution in [3.63, 3.8) is 0 Å². The number of nitrogens with zero attached hydrogens (tertiary/aromatic N) is 1. The van der Waals surface area contributed by atoms with E-state index in [1.165, 1.54) is 12.0 Å². The van der Waals surface area contributed by atoms with Crippen molar-refractivity contribution in [3.05, 3.63) is 0 Å². The summed E-state index contributed by atoms with van der Waals surface area (Å²) >= 11 is 0. The summed E-state index contributed by atoms with van der Waals surface area (Å²) in [7, 11) is 1.53. The average Bonchev–Trinajstić information content (AvgIpc) is 2.72. The minimum Gasteiger partial charge on any atom is -0.480 e. The molecule has 6 heteroatoms. The van der Waals surface area contributed by atoms with Gasteiger partial charge in [-0.3, -0.25) is 4.79 Å². The zero-order valence-electron chi connectivity index (χ0n) is 11.1. The molecular formula is C12H22N2O4. The Morgan fingerprint density at radius 1 is 1.50 bits per heavy atom. The maximum atomic E-state index is 12.1. The molecule has 0 aliphatic carbocycles. The lowest BCUT2D eigenvalue weighted by atomic mass is 10.0. The quantitative estimate of drug-likeness (QED) is 0.727. The summed E-state index contributed by atoms with van der Waals surface area (Å²) < 4.78 is 5.14. The third-order valence-electron chi connectivity index (χ3n) is 3.47. The number of amides is 1. The van der Waals surface area contributed by atoms with Crippen LogP contribution in [0.4, 0.5) is 0 Å². The van der Waals surface area contributed by atoms with E-state index >= 15 is 0 Å². The molecular weight excluding hydrogens is 236 g/mol. The smallest absolute Gasteiger partial charge is 0.326 e. The van der Waals surface area contributed by atoms with E-state index in [1.54, 1.807) is 0 Å². The Balaban J connectivity index is 2.67. The van der Waals surface area contributed by atoms with E-state index in [1.807, 2.05) is 13.8 Å². The zero-order valence-corrected chi connectivity index (χ0v) is 11.1. The van der Waals surface area contributed by atoms with Crippen LogP contribution in [0.25, 0.3) is 0 Å². The lowest BCUT2D eigenvalue weighted by Gasteiger charge is -2.24. The lowest BCUT2D eigenvalue weighted by molar-refractivity contribution is -0.148. The van der Waals surface area contributed by atoms with Gasteiger partial charge in [0.05, 0.1) is 6.10 Å². The van der Waals surface area contributed by atoms with Gasteiger partial charge in [-0.2, -0.15) is 0 Å². The fourth-order valence-corrected chi connectivity index (χ4v) is 2.03. The maximum absolute atomic E-state index is 12.1. The predicted octanol–water partition coefficient (Wildman–Crippen LogP) is 0.0603. The Kier molecular flexibility index (Phi) is 5.10. The molecule has 1 amide bonds. The fraction of sp³-hybridized carbons (Fsp3) is 0.833. The molecule has 1 aliphatic heterocycles. The van der Waals surface area contributed by atoms with Gasteiger partial charge in [-0.1, -0.05) is 13.8 Å². The molecule has 0 bridgehead atoms. The Bertz CT molecular complexity index is 319. The average molecular weight is 258 g/mol. The highest BCUT2D eigenvalue weighted by molar-refractivity contribution is 5.84. The summed E-state index contributed by atoms with van der Waals surface area (Å²) in [6.07, 6.45) is 0.317. The van der Waals surface area contributed by atoms with Gasteiger partial charge in [-0.05, 0) is 5.92 Å². The van der Waals surface area contributed by atoms with Gasteiger partial charge in [0.15, 0.2) is 0 Å². The second kappa shape index (κ2) is 6.15. The molecule has 0 aromatic rings. The number of methoxy groups -OCH3 is 1. The summed E-state index contributed by atoms with van der Waals surface area (Å²) in [5, 5.41) is 9.11. The van der Waals surface area contributed by atoms with E-state index in [0.29, 0.717) is 13.0 Å². The number of carboxylic acids is 1. The molecule has 1 rings (SSSR count). The second-order valence-electron chi connectivity index (χ2n) is 5.11. The maximum Gasteiger partial charge on any atom is 0.326 e. The first kappa shape index (κ1) is 14.9. The van der Waals surface area contributed by atoms with Crippen LogP contribution in [0.1, 0.15) is 26.7 Å². The topological polar surface area (TPSA) is 92.9 Å². The van der Waals surface area contributed by atoms with Crippen LogP contribution in [0, 0.1) is 5.92 Å². The zero-order chi connectivity index (χ0) is 13.9. The number of nitrogens with two attached hydrogens (primary N) is 1. The minimum atomic E-state index is -0.985. The normalized spacial score (nSPS) is 25.5. The number of aliphatic carboxylic acids is 1. The van der Waals surface area contributed by atoms with Gasteiger partial charge in [0.1, 0.15) is 6.04 Å². The Hall–Kier alpha value is -1.14. The van der Waals surface area contributed by atoms with Crippen LogP contribution in [0.15, 0.2) is 0 Å². The Morgan fingerprint density at radius 2 is 2.11 bits per heavy atom. The summed E-state index contributed by atoms with van der Waals surface area (Å²) in [5.74, 6) is -0.998. The van der Waals surface area contributed by atoms with Gasteiger partial charge in [0.25, 0.3) is 0 Å². The molecule has 0 aromatic heterocycles. The molecule has 3 atom stereocenters. The third-order valence-corrected chi connectivity index (χ3v) is 3.47. The number of rotatable bonds is 5. The van der Waals surface area contributed by atoms with Crippen molar-refractivity contribution in [2.75, 3.05) is 13.7 Å². The van der Waals surface area contributed by atoms with Crippen molar-refractivity contribution in [2.45, 2.75) is 44.9 Å². The van der Waals surface area contributed by atoms with Crippen LogP contribution < -0.4 is 5.73 Å². The lowest BCUT2D eigenvalue weighted by Crippen LogP contribution is -2.43. The van der Waals surface area contributed by atoms with Gasteiger partial charge in [-0.25, -0.2) is 4.79 Å². The molecule has 1 fully saturated rings. The number of carbonyl (C=O) groups is 2. The van der Waals surface area contributed by atoms with E-state index in [0.717, 1.165) is 0 Å². The first-order valence-electron chi connectivity index (χ1n) is 6.17. The summed E-state index contributed by atoms with van der Waals surface area (Å²) in [6, 6.07) is -1.03. The fourth-order valence-electron chi connectivity index (χ4n) is 2.03. The predicted molar refractivity (Wildman–Crippen MR) is 66.0 cm³/mol. The highest BCUT2D eigenvalue weighted by atomic mass is 16.5. The van der Waals surface area contributed by atoms with E-state index < -0.39 is 12.0 Å². The van der Waals surface area contributed by atoms with Crippen molar-refractivity contribution in [1.82, 2.24) is 4.90 Å². The van der Waals surface area contributed by atoms with Crippen molar-refractivity contribution >= 4 is 11.9 Å².